The molecule has 2 aliphatic rings. The normalized spacial score (nSPS) is 20.7. The lowest BCUT2D eigenvalue weighted by molar-refractivity contribution is -0.144. The molecule has 0 aliphatic carbocycles. The zero-order valence-corrected chi connectivity index (χ0v) is 21.2. The number of nitrogens with zero attached hydrogens (tertiary/aromatic N) is 1. The Hall–Kier alpha value is -3.64. The first-order chi connectivity index (χ1) is 17.2. The van der Waals surface area contributed by atoms with Crippen molar-refractivity contribution in [2.24, 2.45) is 0 Å². The number of β-lactam (4-membered cyclic amide) rings is 1. The SMILES string of the molecule is COC(=O)c1ccccc1NC(=O)C1=C(COC(C)=O)C(NC(C)=O)S[C@@H]2[C@H](c3cccs3)C(=O)N12. The van der Waals surface area contributed by atoms with Crippen molar-refractivity contribution in [3.63, 3.8) is 0 Å². The smallest absolute Gasteiger partial charge is 0.339 e. The average molecular weight is 530 g/mol. The largest absolute Gasteiger partial charge is 0.465 e. The van der Waals surface area contributed by atoms with Gasteiger partial charge in [-0.05, 0) is 23.6 Å². The summed E-state index contributed by atoms with van der Waals surface area (Å²) >= 11 is 2.73. The summed E-state index contributed by atoms with van der Waals surface area (Å²) < 4.78 is 9.99. The van der Waals surface area contributed by atoms with Crippen molar-refractivity contribution in [1.29, 1.82) is 0 Å². The van der Waals surface area contributed by atoms with E-state index in [1.165, 1.54) is 61.1 Å². The predicted octanol–water partition coefficient (Wildman–Crippen LogP) is 2.45. The fourth-order valence-corrected chi connectivity index (χ4v) is 6.56. The summed E-state index contributed by atoms with van der Waals surface area (Å²) in [7, 11) is 1.23. The number of nitrogens with one attached hydrogen (secondary N) is 2. The lowest BCUT2D eigenvalue weighted by atomic mass is 9.93. The first-order valence-corrected chi connectivity index (χ1v) is 12.7. The Kier molecular flexibility index (Phi) is 7.45. The van der Waals surface area contributed by atoms with Crippen LogP contribution in [0.15, 0.2) is 53.0 Å². The highest BCUT2D eigenvalue weighted by Gasteiger charge is 2.56. The summed E-state index contributed by atoms with van der Waals surface area (Å²) in [5, 5.41) is 6.16. The molecule has 36 heavy (non-hydrogen) atoms. The Morgan fingerprint density at radius 3 is 2.47 bits per heavy atom. The fourth-order valence-electron chi connectivity index (χ4n) is 4.02. The molecule has 1 unspecified atom stereocenters. The summed E-state index contributed by atoms with van der Waals surface area (Å²) in [6.45, 7) is 2.25. The van der Waals surface area contributed by atoms with E-state index in [0.29, 0.717) is 0 Å². The number of carbonyl (C=O) groups excluding carboxylic acids is 5. The van der Waals surface area contributed by atoms with Crippen LogP contribution >= 0.6 is 23.1 Å². The predicted molar refractivity (Wildman–Crippen MR) is 133 cm³/mol. The van der Waals surface area contributed by atoms with Gasteiger partial charge >= 0.3 is 11.9 Å². The number of para-hydroxylation sites is 1. The number of esters is 2. The molecule has 0 spiro atoms. The number of rotatable bonds is 7. The average Bonchev–Trinajstić information content (AvgIpc) is 3.35. The molecule has 10 nitrogen and oxygen atoms in total. The molecule has 1 aromatic heterocycles. The quantitative estimate of drug-likeness (QED) is 0.413. The van der Waals surface area contributed by atoms with Gasteiger partial charge in [-0.3, -0.25) is 24.1 Å². The Balaban J connectivity index is 1.77. The van der Waals surface area contributed by atoms with Crippen LogP contribution in [-0.4, -0.2) is 59.0 Å². The van der Waals surface area contributed by atoms with Gasteiger partial charge in [0.1, 0.15) is 29.0 Å². The van der Waals surface area contributed by atoms with Crippen LogP contribution in [0.25, 0.3) is 0 Å². The number of carbonyl (C=O) groups is 5. The highest BCUT2D eigenvalue weighted by Crippen LogP contribution is 2.51. The molecule has 12 heteroatoms. The second-order valence-corrected chi connectivity index (χ2v) is 10.2. The number of fused-ring (bicyclic) bond motifs is 1. The molecule has 0 bridgehead atoms. The molecule has 3 amide bonds. The molecule has 2 aliphatic heterocycles. The number of thioether (sulfide) groups is 1. The Bertz CT molecular complexity index is 1260. The number of methoxy groups -OCH3 is 1. The van der Waals surface area contributed by atoms with Crippen molar-refractivity contribution >= 4 is 58.4 Å². The Labute approximate surface area is 215 Å². The molecule has 1 fully saturated rings. The molecule has 2 N–H and O–H groups in total. The third-order valence-corrected chi connectivity index (χ3v) is 7.98. The number of hydrogen-bond acceptors (Lipinski definition) is 9. The van der Waals surface area contributed by atoms with Gasteiger partial charge < -0.3 is 20.1 Å². The van der Waals surface area contributed by atoms with Crippen LogP contribution < -0.4 is 10.6 Å². The highest BCUT2D eigenvalue weighted by atomic mass is 32.2. The van der Waals surface area contributed by atoms with Crippen molar-refractivity contribution in [3.05, 3.63) is 63.5 Å². The zero-order valence-electron chi connectivity index (χ0n) is 19.6. The van der Waals surface area contributed by atoms with E-state index in [1.54, 1.807) is 12.1 Å². The summed E-state index contributed by atoms with van der Waals surface area (Å²) in [4.78, 5) is 65.0. The second-order valence-electron chi connectivity index (χ2n) is 7.95. The van der Waals surface area contributed by atoms with Crippen molar-refractivity contribution in [3.8, 4) is 0 Å². The van der Waals surface area contributed by atoms with Crippen molar-refractivity contribution in [2.45, 2.75) is 30.5 Å². The Morgan fingerprint density at radius 1 is 1.08 bits per heavy atom. The van der Waals surface area contributed by atoms with Crippen LogP contribution in [0.4, 0.5) is 5.69 Å². The number of thiophene rings is 1. The lowest BCUT2D eigenvalue weighted by Gasteiger charge is -2.51. The molecule has 4 rings (SSSR count). The van der Waals surface area contributed by atoms with Crippen LogP contribution in [-0.2, 0) is 28.7 Å². The standard InChI is InChI=1S/C24H23N3O7S2/c1-12(28)25-21-15(11-34-13(2)29)19(20(30)26-16-8-5-4-7-14(16)24(32)33-3)27-22(31)18(23(27)36-21)17-9-6-10-35-17/h4-10,18,21,23H,11H2,1-3H3,(H,25,28)(H,26,30)/t18-,21?,23-/m1/s1. The van der Waals surface area contributed by atoms with Gasteiger partial charge in [0.15, 0.2) is 0 Å². The fraction of sp³-hybridized carbons (Fsp3) is 0.292. The molecule has 1 saturated heterocycles. The van der Waals surface area contributed by atoms with E-state index in [9.17, 15) is 24.0 Å². The van der Waals surface area contributed by atoms with E-state index in [0.717, 1.165) is 4.88 Å². The first kappa shape index (κ1) is 25.5. The highest BCUT2D eigenvalue weighted by molar-refractivity contribution is 8.00. The Morgan fingerprint density at radius 2 is 1.83 bits per heavy atom. The minimum atomic E-state index is -0.727. The molecule has 1 aromatic carbocycles. The van der Waals surface area contributed by atoms with Gasteiger partial charge in [0.25, 0.3) is 5.91 Å². The summed E-state index contributed by atoms with van der Waals surface area (Å²) in [5.41, 5.74) is 0.535. The topological polar surface area (TPSA) is 131 Å². The molecule has 188 valence electrons. The second kappa shape index (κ2) is 10.5. The van der Waals surface area contributed by atoms with Gasteiger partial charge in [0.05, 0.1) is 18.4 Å². The molecule has 0 saturated carbocycles. The summed E-state index contributed by atoms with van der Waals surface area (Å²) in [6.07, 6.45) is 0. The number of hydrogen-bond donors (Lipinski definition) is 2. The van der Waals surface area contributed by atoms with E-state index in [-0.39, 0.29) is 40.9 Å². The van der Waals surface area contributed by atoms with E-state index >= 15 is 0 Å². The molecular weight excluding hydrogens is 506 g/mol. The maximum Gasteiger partial charge on any atom is 0.339 e. The first-order valence-electron chi connectivity index (χ1n) is 10.9. The van der Waals surface area contributed by atoms with Gasteiger partial charge in [0.2, 0.25) is 11.8 Å². The van der Waals surface area contributed by atoms with Crippen LogP contribution in [0, 0.1) is 0 Å². The molecule has 0 radical (unpaired) electrons. The van der Waals surface area contributed by atoms with Crippen LogP contribution in [0.2, 0.25) is 0 Å². The summed E-state index contributed by atoms with van der Waals surface area (Å²) in [6, 6.07) is 9.98. The van der Waals surface area contributed by atoms with E-state index in [2.05, 4.69) is 10.6 Å². The molecule has 3 atom stereocenters. The molecule has 2 aromatic rings. The number of benzene rings is 1. The maximum atomic E-state index is 13.7. The van der Waals surface area contributed by atoms with Gasteiger partial charge in [-0.25, -0.2) is 4.79 Å². The molecular formula is C24H23N3O7S2. The van der Waals surface area contributed by atoms with Crippen LogP contribution in [0.3, 0.4) is 0 Å². The number of ether oxygens (including phenoxy) is 2. The van der Waals surface area contributed by atoms with Gasteiger partial charge in [0, 0.05) is 24.3 Å². The third-order valence-electron chi connectivity index (χ3n) is 5.59. The van der Waals surface area contributed by atoms with E-state index < -0.39 is 34.5 Å². The monoisotopic (exact) mass is 529 g/mol. The number of anilines is 1. The lowest BCUT2D eigenvalue weighted by Crippen LogP contribution is -2.62. The van der Waals surface area contributed by atoms with Crippen LogP contribution in [0.1, 0.15) is 35.0 Å². The minimum absolute atomic E-state index is 0.0313. The molecule has 3 heterocycles. The third kappa shape index (κ3) is 4.86. The van der Waals surface area contributed by atoms with E-state index in [1.807, 2.05) is 17.5 Å². The van der Waals surface area contributed by atoms with Crippen LogP contribution in [0.5, 0.6) is 0 Å². The van der Waals surface area contributed by atoms with Crippen molar-refractivity contribution in [2.75, 3.05) is 19.0 Å². The van der Waals surface area contributed by atoms with Crippen molar-refractivity contribution < 1.29 is 33.4 Å². The van der Waals surface area contributed by atoms with Gasteiger partial charge in [-0.2, -0.15) is 0 Å². The minimum Gasteiger partial charge on any atom is -0.465 e. The van der Waals surface area contributed by atoms with Gasteiger partial charge in [-0.1, -0.05) is 18.2 Å². The summed E-state index contributed by atoms with van der Waals surface area (Å²) in [5.74, 6) is -3.05. The number of amides is 3. The maximum absolute atomic E-state index is 13.7. The van der Waals surface area contributed by atoms with E-state index in [4.69, 9.17) is 9.47 Å². The van der Waals surface area contributed by atoms with Crippen molar-refractivity contribution in [1.82, 2.24) is 10.2 Å². The van der Waals surface area contributed by atoms with Gasteiger partial charge in [-0.15, -0.1) is 23.1 Å². The zero-order chi connectivity index (χ0) is 26.0.